The highest BCUT2D eigenvalue weighted by Crippen LogP contribution is 2.21. The number of benzene rings is 1. The van der Waals surface area contributed by atoms with Crippen molar-refractivity contribution in [2.45, 2.75) is 6.43 Å². The molecule has 1 aromatic carbocycles. The Balaban J connectivity index is 2.54. The van der Waals surface area contributed by atoms with Crippen LogP contribution in [0.5, 0.6) is 0 Å². The zero-order valence-corrected chi connectivity index (χ0v) is 9.81. The topological polar surface area (TPSA) is 44.1 Å². The number of ether oxygens (including phenoxy) is 1. The molecule has 0 radical (unpaired) electrons. The molecule has 2 rings (SSSR count). The van der Waals surface area contributed by atoms with Crippen LogP contribution < -0.4 is 0 Å². The van der Waals surface area contributed by atoms with Crippen molar-refractivity contribution in [2.75, 3.05) is 7.11 Å². The van der Waals surface area contributed by atoms with Crippen molar-refractivity contribution in [3.8, 4) is 5.69 Å². The second-order valence-corrected chi connectivity index (χ2v) is 3.63. The first-order valence-corrected chi connectivity index (χ1v) is 5.25. The number of esters is 1. The minimum Gasteiger partial charge on any atom is -0.464 e. The normalized spacial score (nSPS) is 10.8. The molecule has 0 N–H and O–H groups in total. The lowest BCUT2D eigenvalue weighted by molar-refractivity contribution is 0.0590. The average Bonchev–Trinajstić information content (AvgIpc) is 2.84. The summed E-state index contributed by atoms with van der Waals surface area (Å²) in [5, 5.41) is 3.62. The molecule has 100 valence electrons. The fourth-order valence-corrected chi connectivity index (χ4v) is 1.54. The molecule has 1 aromatic heterocycles. The molecule has 4 nitrogen and oxygen atoms in total. The Morgan fingerprint density at radius 1 is 1.32 bits per heavy atom. The summed E-state index contributed by atoms with van der Waals surface area (Å²) in [5.74, 6) is -1.28. The summed E-state index contributed by atoms with van der Waals surface area (Å²) in [6, 6.07) is 5.87. The molecule has 0 spiro atoms. The SMILES string of the molecule is COC(=O)c1cc(C(F)F)nn1-c1ccc(F)cc1. The van der Waals surface area contributed by atoms with Gasteiger partial charge in [-0.1, -0.05) is 0 Å². The zero-order chi connectivity index (χ0) is 14.0. The van der Waals surface area contributed by atoms with Crippen molar-refractivity contribution >= 4 is 5.97 Å². The summed E-state index contributed by atoms with van der Waals surface area (Å²) in [5.41, 5.74) is -0.414. The van der Waals surface area contributed by atoms with E-state index in [4.69, 9.17) is 0 Å². The van der Waals surface area contributed by atoms with E-state index in [1.54, 1.807) is 0 Å². The van der Waals surface area contributed by atoms with Crippen LogP contribution in [0.3, 0.4) is 0 Å². The van der Waals surface area contributed by atoms with Gasteiger partial charge >= 0.3 is 5.97 Å². The highest BCUT2D eigenvalue weighted by Gasteiger charge is 2.21. The molecule has 0 aliphatic rings. The molecule has 2 aromatic rings. The van der Waals surface area contributed by atoms with E-state index in [9.17, 15) is 18.0 Å². The van der Waals surface area contributed by atoms with Crippen LogP contribution in [0.4, 0.5) is 13.2 Å². The van der Waals surface area contributed by atoms with Crippen LogP contribution in [0.2, 0.25) is 0 Å². The number of halogens is 3. The second kappa shape index (κ2) is 5.13. The van der Waals surface area contributed by atoms with Gasteiger partial charge in [-0.3, -0.25) is 0 Å². The molecule has 19 heavy (non-hydrogen) atoms. The minimum absolute atomic E-state index is 0.149. The van der Waals surface area contributed by atoms with Gasteiger partial charge < -0.3 is 4.74 Å². The van der Waals surface area contributed by atoms with Crippen LogP contribution in [0.15, 0.2) is 30.3 Å². The maximum absolute atomic E-state index is 12.8. The van der Waals surface area contributed by atoms with Crippen LogP contribution in [-0.2, 0) is 4.74 Å². The molecule has 0 bridgehead atoms. The molecule has 0 aliphatic heterocycles. The highest BCUT2D eigenvalue weighted by atomic mass is 19.3. The molecule has 0 fully saturated rings. The van der Waals surface area contributed by atoms with Gasteiger partial charge in [0.1, 0.15) is 11.5 Å². The first-order valence-electron chi connectivity index (χ1n) is 5.25. The number of methoxy groups -OCH3 is 1. The number of carbonyl (C=O) groups excluding carboxylic acids is 1. The van der Waals surface area contributed by atoms with Gasteiger partial charge in [0.2, 0.25) is 0 Å². The smallest absolute Gasteiger partial charge is 0.356 e. The third-order valence-corrected chi connectivity index (χ3v) is 2.42. The molecule has 7 heteroatoms. The van der Waals surface area contributed by atoms with Crippen molar-refractivity contribution in [2.24, 2.45) is 0 Å². The molecular formula is C12H9F3N2O2. The predicted octanol–water partition coefficient (Wildman–Crippen LogP) is 2.74. The summed E-state index contributed by atoms with van der Waals surface area (Å²) < 4.78 is 43.5. The van der Waals surface area contributed by atoms with Gasteiger partial charge in [0.15, 0.2) is 5.69 Å². The number of aromatic nitrogens is 2. The fourth-order valence-electron chi connectivity index (χ4n) is 1.54. The van der Waals surface area contributed by atoms with Gasteiger partial charge in [-0.2, -0.15) is 5.10 Å². The quantitative estimate of drug-likeness (QED) is 0.805. The van der Waals surface area contributed by atoms with E-state index in [-0.39, 0.29) is 11.4 Å². The molecule has 0 saturated carbocycles. The summed E-state index contributed by atoms with van der Waals surface area (Å²) in [6.07, 6.45) is -2.81. The Labute approximate surface area is 106 Å². The van der Waals surface area contributed by atoms with Crippen molar-refractivity contribution in [1.82, 2.24) is 9.78 Å². The van der Waals surface area contributed by atoms with Crippen LogP contribution >= 0.6 is 0 Å². The van der Waals surface area contributed by atoms with Crippen molar-refractivity contribution in [3.05, 3.63) is 47.5 Å². The first kappa shape index (κ1) is 13.1. The Hall–Kier alpha value is -2.31. The molecule has 1 heterocycles. The minimum atomic E-state index is -2.81. The number of rotatable bonds is 3. The number of carbonyl (C=O) groups is 1. The Kier molecular flexibility index (Phi) is 3.55. The molecule has 0 saturated heterocycles. The summed E-state index contributed by atoms with van der Waals surface area (Å²) in [7, 11) is 1.13. The molecule has 0 aliphatic carbocycles. The first-order chi connectivity index (χ1) is 9.02. The van der Waals surface area contributed by atoms with Crippen molar-refractivity contribution in [3.63, 3.8) is 0 Å². The Morgan fingerprint density at radius 2 is 1.95 bits per heavy atom. The zero-order valence-electron chi connectivity index (χ0n) is 9.81. The van der Waals surface area contributed by atoms with E-state index >= 15 is 0 Å². The van der Waals surface area contributed by atoms with Crippen LogP contribution in [0, 0.1) is 5.82 Å². The monoisotopic (exact) mass is 270 g/mol. The van der Waals surface area contributed by atoms with E-state index in [1.807, 2.05) is 0 Å². The standard InChI is InChI=1S/C12H9F3N2O2/c1-19-12(18)10-6-9(11(14)15)16-17(10)8-4-2-7(13)3-5-8/h2-6,11H,1H3. The van der Waals surface area contributed by atoms with Gasteiger partial charge in [0, 0.05) is 6.07 Å². The van der Waals surface area contributed by atoms with E-state index in [1.165, 1.54) is 12.1 Å². The van der Waals surface area contributed by atoms with E-state index in [2.05, 4.69) is 9.84 Å². The average molecular weight is 270 g/mol. The van der Waals surface area contributed by atoms with Gasteiger partial charge in [0.25, 0.3) is 6.43 Å². The predicted molar refractivity (Wildman–Crippen MR) is 59.8 cm³/mol. The largest absolute Gasteiger partial charge is 0.464 e. The van der Waals surface area contributed by atoms with Crippen LogP contribution in [0.1, 0.15) is 22.6 Å². The van der Waals surface area contributed by atoms with Gasteiger partial charge in [-0.05, 0) is 24.3 Å². The van der Waals surface area contributed by atoms with Crippen LogP contribution in [-0.4, -0.2) is 22.9 Å². The number of alkyl halides is 2. The Bertz CT molecular complexity index is 594. The number of nitrogens with zero attached hydrogens (tertiary/aromatic N) is 2. The second-order valence-electron chi connectivity index (χ2n) is 3.63. The van der Waals surface area contributed by atoms with Gasteiger partial charge in [-0.15, -0.1) is 0 Å². The van der Waals surface area contributed by atoms with Crippen molar-refractivity contribution < 1.29 is 22.7 Å². The summed E-state index contributed by atoms with van der Waals surface area (Å²) in [6.45, 7) is 0. The third-order valence-electron chi connectivity index (χ3n) is 2.42. The molecule has 0 unspecified atom stereocenters. The van der Waals surface area contributed by atoms with Gasteiger partial charge in [0.05, 0.1) is 12.8 Å². The molecular weight excluding hydrogens is 261 g/mol. The lowest BCUT2D eigenvalue weighted by Gasteiger charge is -2.05. The maximum Gasteiger partial charge on any atom is 0.356 e. The summed E-state index contributed by atoms with van der Waals surface area (Å²) >= 11 is 0. The third kappa shape index (κ3) is 2.59. The highest BCUT2D eigenvalue weighted by molar-refractivity contribution is 5.88. The Morgan fingerprint density at radius 3 is 2.47 bits per heavy atom. The number of hydrogen-bond donors (Lipinski definition) is 0. The van der Waals surface area contributed by atoms with E-state index in [0.717, 1.165) is 30.0 Å². The van der Waals surface area contributed by atoms with E-state index < -0.39 is 23.9 Å². The number of hydrogen-bond acceptors (Lipinski definition) is 3. The molecule has 0 atom stereocenters. The summed E-state index contributed by atoms with van der Waals surface area (Å²) in [4.78, 5) is 11.5. The molecule has 0 amide bonds. The van der Waals surface area contributed by atoms with E-state index in [0.29, 0.717) is 0 Å². The van der Waals surface area contributed by atoms with Gasteiger partial charge in [-0.25, -0.2) is 22.6 Å². The fraction of sp³-hybridized carbons (Fsp3) is 0.167. The lowest BCUT2D eigenvalue weighted by atomic mass is 10.3. The lowest BCUT2D eigenvalue weighted by Crippen LogP contribution is -2.10. The van der Waals surface area contributed by atoms with Crippen molar-refractivity contribution in [1.29, 1.82) is 0 Å². The van der Waals surface area contributed by atoms with Crippen LogP contribution in [0.25, 0.3) is 5.69 Å². The maximum atomic E-state index is 12.8.